The highest BCUT2D eigenvalue weighted by atomic mass is 19.1. The number of carboxylic acids is 1. The van der Waals surface area contributed by atoms with Gasteiger partial charge in [0.25, 0.3) is 5.91 Å². The molecule has 9 atom stereocenters. The first-order valence-electron chi connectivity index (χ1n) is 26.8. The van der Waals surface area contributed by atoms with E-state index < -0.39 is 53.1 Å². The van der Waals surface area contributed by atoms with Crippen LogP contribution < -0.4 is 21.4 Å². The first kappa shape index (κ1) is 53.7. The summed E-state index contributed by atoms with van der Waals surface area (Å²) >= 11 is 0. The summed E-state index contributed by atoms with van der Waals surface area (Å²) in [5.41, 5.74) is 2.90. The smallest absolute Gasteiger partial charge is 0.303 e. The Hall–Kier alpha value is -5.63. The molecular formula is C59H75F2N3O9. The van der Waals surface area contributed by atoms with Crippen LogP contribution in [0.4, 0.5) is 8.78 Å². The second kappa shape index (κ2) is 22.5. The minimum absolute atomic E-state index is 0.00650. The lowest BCUT2D eigenvalue weighted by molar-refractivity contribution is -0.137. The summed E-state index contributed by atoms with van der Waals surface area (Å²) in [6, 6.07) is 7.28. The Morgan fingerprint density at radius 3 is 2.41 bits per heavy atom. The van der Waals surface area contributed by atoms with Gasteiger partial charge < -0.3 is 35.3 Å². The van der Waals surface area contributed by atoms with Crippen molar-refractivity contribution in [2.24, 2.45) is 46.3 Å². The molecule has 3 fully saturated rings. The van der Waals surface area contributed by atoms with E-state index in [1.54, 1.807) is 18.6 Å². The molecule has 3 saturated carbocycles. The van der Waals surface area contributed by atoms with Crippen molar-refractivity contribution in [2.75, 3.05) is 19.7 Å². The third-order valence-electron chi connectivity index (χ3n) is 17.8. The van der Waals surface area contributed by atoms with E-state index in [2.05, 4.69) is 56.6 Å². The molecule has 6 aliphatic rings. The number of carbonyl (C=O) groups is 4. The summed E-state index contributed by atoms with van der Waals surface area (Å²) in [5.74, 6) is -0.644. The standard InChI is InChI=1S/C59H75F2N3O9/c1-33(2)9-7-10-34(3)43-15-16-44-40-14-12-37-28-38(19-22-58(37,5)45(40)20-23-59(43,44)6)72-26-8-24-62-53(67)21-25-63-57(71)48(17-18-54(68)69)64-56(70)36-11-13-39(35(4)27-36)55-41-29-46(60)49(65)31-51(41)73-52-32-50(66)47(61)30-42(52)55/h11-13,27,29-34,38,40,43-45,48,65H,7-10,14-26,28H2,1-6H3,(H,62,67)(H,63,71)(H,64,70)(H,68,69)/t34-,38+,40+,43?,44+,45?,48+,58?,59?/m1/s1. The number of allylic oxidation sites excluding steroid dienone is 1. The van der Waals surface area contributed by atoms with E-state index in [1.807, 2.05) is 0 Å². The fourth-order valence-corrected chi connectivity index (χ4v) is 13.9. The van der Waals surface area contributed by atoms with Gasteiger partial charge in [-0.15, -0.1) is 0 Å². The highest BCUT2D eigenvalue weighted by Gasteiger charge is 2.59. The number of fused-ring (bicyclic) bond motifs is 7. The van der Waals surface area contributed by atoms with Crippen molar-refractivity contribution in [2.45, 2.75) is 150 Å². The van der Waals surface area contributed by atoms with Crippen molar-refractivity contribution >= 4 is 34.7 Å². The topological polar surface area (TPSA) is 184 Å². The van der Waals surface area contributed by atoms with Gasteiger partial charge in [-0.25, -0.2) is 8.78 Å². The van der Waals surface area contributed by atoms with Crippen LogP contribution in [0.3, 0.4) is 0 Å². The second-order valence-corrected chi connectivity index (χ2v) is 22.8. The molecule has 0 radical (unpaired) electrons. The first-order valence-corrected chi connectivity index (χ1v) is 26.8. The summed E-state index contributed by atoms with van der Waals surface area (Å²) in [5, 5.41) is 27.8. The number of aliphatic carboxylic acids is 1. The number of phenolic OH excluding ortho intramolecular Hbond substituents is 1. The molecule has 5 N–H and O–H groups in total. The molecule has 73 heavy (non-hydrogen) atoms. The molecule has 0 spiro atoms. The average molecular weight is 1010 g/mol. The van der Waals surface area contributed by atoms with Crippen LogP contribution in [-0.4, -0.2) is 65.7 Å². The van der Waals surface area contributed by atoms with E-state index in [1.165, 1.54) is 63.5 Å². The van der Waals surface area contributed by atoms with Crippen LogP contribution in [-0.2, 0) is 19.1 Å². The molecule has 0 aromatic heterocycles. The molecule has 394 valence electrons. The summed E-state index contributed by atoms with van der Waals surface area (Å²) in [4.78, 5) is 63.4. The van der Waals surface area contributed by atoms with Crippen LogP contribution in [0.2, 0.25) is 0 Å². The molecule has 2 aromatic carbocycles. The zero-order valence-electron chi connectivity index (χ0n) is 43.5. The monoisotopic (exact) mass is 1010 g/mol. The number of carboxylic acid groups (broad SMARTS) is 1. The Morgan fingerprint density at radius 2 is 1.66 bits per heavy atom. The van der Waals surface area contributed by atoms with Crippen LogP contribution in [0.5, 0.6) is 5.75 Å². The third kappa shape index (κ3) is 11.5. The number of amides is 3. The molecule has 5 aliphatic carbocycles. The Morgan fingerprint density at radius 1 is 0.863 bits per heavy atom. The molecular weight excluding hydrogens is 933 g/mol. The zero-order chi connectivity index (χ0) is 52.4. The highest BCUT2D eigenvalue weighted by Crippen LogP contribution is 2.67. The van der Waals surface area contributed by atoms with Gasteiger partial charge in [-0.1, -0.05) is 71.6 Å². The third-order valence-corrected chi connectivity index (χ3v) is 17.8. The number of ether oxygens (including phenoxy) is 1. The van der Waals surface area contributed by atoms with E-state index in [4.69, 9.17) is 9.15 Å². The van der Waals surface area contributed by atoms with Crippen molar-refractivity contribution in [1.29, 1.82) is 0 Å². The Labute approximate surface area is 427 Å². The molecule has 14 heteroatoms. The van der Waals surface area contributed by atoms with Gasteiger partial charge >= 0.3 is 5.97 Å². The van der Waals surface area contributed by atoms with Crippen LogP contribution in [0.25, 0.3) is 33.4 Å². The van der Waals surface area contributed by atoms with Crippen molar-refractivity contribution in [3.05, 3.63) is 87.1 Å². The van der Waals surface area contributed by atoms with Gasteiger partial charge in [0.05, 0.1) is 6.10 Å². The van der Waals surface area contributed by atoms with Gasteiger partial charge in [-0.2, -0.15) is 0 Å². The minimum Gasteiger partial charge on any atom is -0.505 e. The molecule has 0 saturated heterocycles. The lowest BCUT2D eigenvalue weighted by Gasteiger charge is -2.58. The highest BCUT2D eigenvalue weighted by molar-refractivity contribution is 6.04. The molecule has 0 bridgehead atoms. The van der Waals surface area contributed by atoms with E-state index in [-0.39, 0.29) is 70.2 Å². The summed E-state index contributed by atoms with van der Waals surface area (Å²) in [6.07, 6.45) is 16.7. The maximum Gasteiger partial charge on any atom is 0.303 e. The lowest BCUT2D eigenvalue weighted by atomic mass is 9.47. The normalized spacial score (nSPS) is 25.3. The van der Waals surface area contributed by atoms with Gasteiger partial charge in [-0.3, -0.25) is 24.0 Å². The molecule has 1 aliphatic heterocycles. The number of phenols is 1. The fourth-order valence-electron chi connectivity index (χ4n) is 13.9. The van der Waals surface area contributed by atoms with E-state index in [0.717, 1.165) is 79.0 Å². The van der Waals surface area contributed by atoms with Gasteiger partial charge in [0.15, 0.2) is 17.4 Å². The number of rotatable bonds is 20. The number of aromatic hydroxyl groups is 1. The average Bonchev–Trinajstić information content (AvgIpc) is 3.70. The number of halogens is 2. The predicted octanol–water partition coefficient (Wildman–Crippen LogP) is 11.3. The Kier molecular flexibility index (Phi) is 16.5. The number of hydrogen-bond acceptors (Lipinski definition) is 8. The summed E-state index contributed by atoms with van der Waals surface area (Å²) in [6.45, 7) is 15.0. The maximum atomic E-state index is 14.7. The molecule has 1 heterocycles. The van der Waals surface area contributed by atoms with Crippen LogP contribution in [0.1, 0.15) is 147 Å². The molecule has 4 unspecified atom stereocenters. The summed E-state index contributed by atoms with van der Waals surface area (Å²) < 4.78 is 41.5. The largest absolute Gasteiger partial charge is 0.505 e. The maximum absolute atomic E-state index is 14.7. The van der Waals surface area contributed by atoms with Crippen molar-refractivity contribution < 1.29 is 47.3 Å². The Balaban J connectivity index is 0.789. The van der Waals surface area contributed by atoms with Gasteiger partial charge in [0, 0.05) is 66.7 Å². The Bertz CT molecular complexity index is 2770. The molecule has 8 rings (SSSR count). The molecule has 2 aromatic rings. The predicted molar refractivity (Wildman–Crippen MR) is 277 cm³/mol. The second-order valence-electron chi connectivity index (χ2n) is 22.8. The van der Waals surface area contributed by atoms with Crippen molar-refractivity contribution in [3.8, 4) is 28.2 Å². The van der Waals surface area contributed by atoms with Crippen LogP contribution in [0.15, 0.2) is 63.3 Å². The number of aryl methyl sites for hydroxylation is 1. The van der Waals surface area contributed by atoms with Crippen molar-refractivity contribution in [1.82, 2.24) is 16.0 Å². The molecule has 12 nitrogen and oxygen atoms in total. The van der Waals surface area contributed by atoms with E-state index in [0.29, 0.717) is 36.1 Å². The minimum atomic E-state index is -1.24. The number of nitrogens with one attached hydrogen (secondary N) is 3. The quantitative estimate of drug-likeness (QED) is 0.0327. The number of carbonyl (C=O) groups excluding carboxylic acids is 3. The van der Waals surface area contributed by atoms with E-state index >= 15 is 0 Å². The number of benzene rings is 3. The number of hydrogen-bond donors (Lipinski definition) is 5. The molecule has 3 amide bonds. The lowest BCUT2D eigenvalue weighted by Crippen LogP contribution is -2.51. The van der Waals surface area contributed by atoms with Crippen LogP contribution >= 0.6 is 0 Å². The first-order chi connectivity index (χ1) is 34.8. The van der Waals surface area contributed by atoms with Crippen molar-refractivity contribution in [3.63, 3.8) is 0 Å². The fraction of sp³-hybridized carbons (Fsp3) is 0.576. The van der Waals surface area contributed by atoms with Gasteiger partial charge in [0.2, 0.25) is 17.2 Å². The van der Waals surface area contributed by atoms with Gasteiger partial charge in [-0.05, 0) is 153 Å². The zero-order valence-corrected chi connectivity index (χ0v) is 43.5. The van der Waals surface area contributed by atoms with Crippen LogP contribution in [0, 0.1) is 64.9 Å². The SMILES string of the molecule is Cc1cc(C(=O)N[C@@H](CCC(=O)O)C(=O)NCCC(=O)NCCCO[C@H]2CCC3(C)C(=CC[C@@H]4C3CCC3(C)C([C@H](C)CCCC(C)C)CC[C@@H]43)C2)ccc1-c1c2cc(F)c(=O)cc-2oc2cc(O)c(F)cc12. The van der Waals surface area contributed by atoms with E-state index in [9.17, 15) is 43.0 Å². The summed E-state index contributed by atoms with van der Waals surface area (Å²) in [7, 11) is 0. The van der Waals surface area contributed by atoms with Gasteiger partial charge in [0.1, 0.15) is 17.4 Å².